The number of halogens is 2. The highest BCUT2D eigenvalue weighted by atomic mass is 35.5. The highest BCUT2D eigenvalue weighted by Gasteiger charge is 2.32. The first-order chi connectivity index (χ1) is 13.0. The summed E-state index contributed by atoms with van der Waals surface area (Å²) in [5.41, 5.74) is 1.81. The van der Waals surface area contributed by atoms with Gasteiger partial charge in [0.1, 0.15) is 19.1 Å². The second-order valence-corrected chi connectivity index (χ2v) is 7.49. The molecular weight excluding hydrogens is 385 g/mol. The first-order valence-corrected chi connectivity index (χ1v) is 9.80. The van der Waals surface area contributed by atoms with E-state index in [1.165, 1.54) is 10.5 Å². The van der Waals surface area contributed by atoms with Gasteiger partial charge in [-0.1, -0.05) is 53.5 Å². The number of morpholine rings is 1. The number of carbonyl (C=O) groups is 1. The van der Waals surface area contributed by atoms with Crippen LogP contribution in [0.15, 0.2) is 48.5 Å². The zero-order valence-corrected chi connectivity index (χ0v) is 16.7. The van der Waals surface area contributed by atoms with Crippen LogP contribution in [0.5, 0.6) is 0 Å². The highest BCUT2D eigenvalue weighted by Crippen LogP contribution is 2.25. The van der Waals surface area contributed by atoms with Crippen molar-refractivity contribution in [1.82, 2.24) is 5.32 Å². The SMILES string of the molecule is C[C@@H](NC(=O)Nc1ccc(Cl)c(Cl)c1)[C@H](c1ccccc1)[NH+]1CCOCC1. The van der Waals surface area contributed by atoms with Crippen molar-refractivity contribution >= 4 is 34.9 Å². The zero-order valence-electron chi connectivity index (χ0n) is 15.2. The van der Waals surface area contributed by atoms with Gasteiger partial charge < -0.3 is 20.3 Å². The Morgan fingerprint density at radius 1 is 1.07 bits per heavy atom. The molecule has 0 aliphatic carbocycles. The quantitative estimate of drug-likeness (QED) is 0.711. The second kappa shape index (κ2) is 9.42. The number of nitrogens with one attached hydrogen (secondary N) is 3. The van der Waals surface area contributed by atoms with Crippen LogP contribution in [0.1, 0.15) is 18.5 Å². The lowest BCUT2D eigenvalue weighted by atomic mass is 9.98. The van der Waals surface area contributed by atoms with Gasteiger partial charge in [-0.05, 0) is 25.1 Å². The van der Waals surface area contributed by atoms with Crippen molar-refractivity contribution in [2.24, 2.45) is 0 Å². The smallest absolute Gasteiger partial charge is 0.319 e. The molecule has 1 fully saturated rings. The summed E-state index contributed by atoms with van der Waals surface area (Å²) in [7, 11) is 0. The summed E-state index contributed by atoms with van der Waals surface area (Å²) in [4.78, 5) is 13.9. The van der Waals surface area contributed by atoms with Crippen LogP contribution < -0.4 is 15.5 Å². The topological polar surface area (TPSA) is 54.8 Å². The Balaban J connectivity index is 1.70. The van der Waals surface area contributed by atoms with Crippen molar-refractivity contribution < 1.29 is 14.4 Å². The number of hydrogen-bond donors (Lipinski definition) is 3. The van der Waals surface area contributed by atoms with Gasteiger partial charge in [0.05, 0.1) is 29.3 Å². The van der Waals surface area contributed by atoms with E-state index in [0.717, 1.165) is 26.3 Å². The van der Waals surface area contributed by atoms with E-state index >= 15 is 0 Å². The van der Waals surface area contributed by atoms with Crippen molar-refractivity contribution in [3.8, 4) is 0 Å². The first-order valence-electron chi connectivity index (χ1n) is 9.04. The third kappa shape index (κ3) is 5.36. The minimum atomic E-state index is -0.269. The molecule has 3 N–H and O–H groups in total. The molecule has 0 spiro atoms. The van der Waals surface area contributed by atoms with Gasteiger partial charge in [0.2, 0.25) is 0 Å². The van der Waals surface area contributed by atoms with E-state index < -0.39 is 0 Å². The Kier molecular flexibility index (Phi) is 6.96. The van der Waals surface area contributed by atoms with Crippen LogP contribution in [-0.2, 0) is 4.74 Å². The fraction of sp³-hybridized carbons (Fsp3) is 0.350. The number of amides is 2. The Morgan fingerprint density at radius 3 is 2.44 bits per heavy atom. The Morgan fingerprint density at radius 2 is 1.78 bits per heavy atom. The molecule has 144 valence electrons. The molecule has 0 bridgehead atoms. The molecule has 0 aromatic heterocycles. The predicted molar refractivity (Wildman–Crippen MR) is 109 cm³/mol. The number of ether oxygens (including phenoxy) is 1. The van der Waals surface area contributed by atoms with Gasteiger partial charge in [0, 0.05) is 11.3 Å². The summed E-state index contributed by atoms with van der Waals surface area (Å²) in [6.07, 6.45) is 0. The maximum Gasteiger partial charge on any atom is 0.319 e. The molecule has 0 radical (unpaired) electrons. The van der Waals surface area contributed by atoms with Crippen molar-refractivity contribution in [2.75, 3.05) is 31.6 Å². The fourth-order valence-electron chi connectivity index (χ4n) is 3.51. The minimum Gasteiger partial charge on any atom is -0.370 e. The number of rotatable bonds is 5. The molecule has 2 aromatic rings. The molecule has 5 nitrogen and oxygen atoms in total. The molecule has 1 heterocycles. The average Bonchev–Trinajstić information content (AvgIpc) is 2.66. The van der Waals surface area contributed by atoms with Gasteiger partial charge in [-0.25, -0.2) is 4.79 Å². The lowest BCUT2D eigenvalue weighted by molar-refractivity contribution is -0.940. The monoisotopic (exact) mass is 408 g/mol. The Hall–Kier alpha value is -1.79. The molecule has 2 atom stereocenters. The number of urea groups is 1. The van der Waals surface area contributed by atoms with Crippen LogP contribution in [-0.4, -0.2) is 38.4 Å². The number of hydrogen-bond acceptors (Lipinski definition) is 2. The largest absolute Gasteiger partial charge is 0.370 e. The highest BCUT2D eigenvalue weighted by molar-refractivity contribution is 6.42. The van der Waals surface area contributed by atoms with Gasteiger partial charge in [-0.3, -0.25) is 0 Å². The maximum atomic E-state index is 12.5. The van der Waals surface area contributed by atoms with Crippen LogP contribution >= 0.6 is 23.2 Å². The van der Waals surface area contributed by atoms with Crippen LogP contribution in [0.4, 0.5) is 10.5 Å². The van der Waals surface area contributed by atoms with Crippen molar-refractivity contribution in [1.29, 1.82) is 0 Å². The molecule has 0 saturated carbocycles. The predicted octanol–water partition coefficient (Wildman–Crippen LogP) is 3.16. The molecular formula is C20H24Cl2N3O2+. The zero-order chi connectivity index (χ0) is 19.2. The van der Waals surface area contributed by atoms with Crippen LogP contribution in [0, 0.1) is 0 Å². The van der Waals surface area contributed by atoms with Crippen molar-refractivity contribution in [2.45, 2.75) is 19.0 Å². The molecule has 2 aromatic carbocycles. The number of quaternary nitrogens is 1. The van der Waals surface area contributed by atoms with E-state index in [0.29, 0.717) is 15.7 Å². The number of benzene rings is 2. The minimum absolute atomic E-state index is 0.0664. The van der Waals surface area contributed by atoms with E-state index in [9.17, 15) is 4.79 Å². The van der Waals surface area contributed by atoms with Gasteiger partial charge in [-0.15, -0.1) is 0 Å². The van der Waals surface area contributed by atoms with E-state index in [2.05, 4.69) is 22.8 Å². The summed E-state index contributed by atoms with van der Waals surface area (Å²) in [6, 6.07) is 15.1. The van der Waals surface area contributed by atoms with E-state index in [1.807, 2.05) is 25.1 Å². The van der Waals surface area contributed by atoms with Crippen LogP contribution in [0.3, 0.4) is 0 Å². The van der Waals surface area contributed by atoms with Gasteiger partial charge in [0.15, 0.2) is 0 Å². The third-order valence-electron chi connectivity index (χ3n) is 4.77. The summed E-state index contributed by atoms with van der Waals surface area (Å²) in [5, 5.41) is 6.75. The maximum absolute atomic E-state index is 12.5. The number of anilines is 1. The second-order valence-electron chi connectivity index (χ2n) is 6.68. The lowest BCUT2D eigenvalue weighted by Crippen LogP contribution is -3.15. The molecule has 1 saturated heterocycles. The van der Waals surface area contributed by atoms with E-state index in [4.69, 9.17) is 27.9 Å². The molecule has 1 aliphatic rings. The summed E-state index contributed by atoms with van der Waals surface area (Å²) in [5.74, 6) is 0. The molecule has 7 heteroatoms. The van der Waals surface area contributed by atoms with Gasteiger partial charge in [-0.2, -0.15) is 0 Å². The summed E-state index contributed by atoms with van der Waals surface area (Å²) in [6.45, 7) is 5.34. The lowest BCUT2D eigenvalue weighted by Gasteiger charge is -2.35. The average molecular weight is 409 g/mol. The molecule has 27 heavy (non-hydrogen) atoms. The Labute approximate surface area is 169 Å². The van der Waals surface area contributed by atoms with E-state index in [1.54, 1.807) is 18.2 Å². The van der Waals surface area contributed by atoms with Gasteiger partial charge >= 0.3 is 6.03 Å². The normalized spacial score (nSPS) is 17.1. The van der Waals surface area contributed by atoms with E-state index in [-0.39, 0.29) is 18.1 Å². The number of carbonyl (C=O) groups excluding carboxylic acids is 1. The Bertz CT molecular complexity index is 767. The van der Waals surface area contributed by atoms with Crippen molar-refractivity contribution in [3.05, 3.63) is 64.1 Å². The summed E-state index contributed by atoms with van der Waals surface area (Å²) < 4.78 is 5.50. The van der Waals surface area contributed by atoms with Gasteiger partial charge in [0.25, 0.3) is 0 Å². The fourth-order valence-corrected chi connectivity index (χ4v) is 3.81. The summed E-state index contributed by atoms with van der Waals surface area (Å²) >= 11 is 11.9. The first kappa shape index (κ1) is 20.0. The van der Waals surface area contributed by atoms with Crippen molar-refractivity contribution in [3.63, 3.8) is 0 Å². The van der Waals surface area contributed by atoms with Crippen LogP contribution in [0.2, 0.25) is 10.0 Å². The molecule has 1 aliphatic heterocycles. The molecule has 2 amide bonds. The molecule has 0 unspecified atom stereocenters. The molecule has 3 rings (SSSR count). The third-order valence-corrected chi connectivity index (χ3v) is 5.51. The van der Waals surface area contributed by atoms with Crippen LogP contribution in [0.25, 0.3) is 0 Å². The standard InChI is InChI=1S/C20H23Cl2N3O2/c1-14(23-20(26)24-16-7-8-17(21)18(22)13-16)19(15-5-3-2-4-6-15)25-9-11-27-12-10-25/h2-8,13-14,19H,9-12H2,1H3,(H2,23,24,26)/p+1/t14-,19-/m1/s1.